The first-order valence-electron chi connectivity index (χ1n) is 9.58. The van der Waals surface area contributed by atoms with E-state index in [0.29, 0.717) is 12.3 Å². The van der Waals surface area contributed by atoms with Gasteiger partial charge in [-0.15, -0.1) is 11.8 Å². The lowest BCUT2D eigenvalue weighted by molar-refractivity contribution is -0.116. The lowest BCUT2D eigenvalue weighted by Gasteiger charge is -2.23. The normalized spacial score (nSPS) is 16.6. The molecule has 6 heteroatoms. The van der Waals surface area contributed by atoms with E-state index in [1.807, 2.05) is 35.2 Å². The highest BCUT2D eigenvalue weighted by Crippen LogP contribution is 2.34. The van der Waals surface area contributed by atoms with Gasteiger partial charge in [-0.2, -0.15) is 0 Å². The average molecular weight is 413 g/mol. The molecule has 2 aromatic carbocycles. The predicted molar refractivity (Wildman–Crippen MR) is 118 cm³/mol. The topological polar surface area (TPSA) is 42.4 Å². The largest absolute Gasteiger partial charge is 0.376 e. The van der Waals surface area contributed by atoms with E-state index in [2.05, 4.69) is 26.0 Å². The number of ether oxygens (including phenoxy) is 1. The molecule has 0 aliphatic carbocycles. The third kappa shape index (κ3) is 4.24. The van der Waals surface area contributed by atoms with Gasteiger partial charge in [0.1, 0.15) is 0 Å². The van der Waals surface area contributed by atoms with Crippen LogP contribution in [0.15, 0.2) is 47.4 Å². The molecule has 1 aliphatic heterocycles. The molecule has 1 aromatic heterocycles. The second-order valence-corrected chi connectivity index (χ2v) is 9.14. The summed E-state index contributed by atoms with van der Waals surface area (Å²) in [7, 11) is 0. The van der Waals surface area contributed by atoms with Crippen molar-refractivity contribution in [1.82, 2.24) is 4.98 Å². The van der Waals surface area contributed by atoms with Crippen LogP contribution in [0.25, 0.3) is 10.2 Å². The van der Waals surface area contributed by atoms with Crippen LogP contribution in [0, 0.1) is 13.8 Å². The number of carbonyl (C=O) groups excluding carboxylic acids is 1. The van der Waals surface area contributed by atoms with Gasteiger partial charge in [-0.1, -0.05) is 41.7 Å². The number of thioether (sulfide) groups is 1. The van der Waals surface area contributed by atoms with Gasteiger partial charge in [0.25, 0.3) is 0 Å². The second-order valence-electron chi connectivity index (χ2n) is 7.11. The molecule has 4 nitrogen and oxygen atoms in total. The van der Waals surface area contributed by atoms with Gasteiger partial charge in [-0.05, 0) is 49.9 Å². The summed E-state index contributed by atoms with van der Waals surface area (Å²) in [4.78, 5) is 21.0. The van der Waals surface area contributed by atoms with E-state index in [0.717, 1.165) is 45.3 Å². The third-order valence-corrected chi connectivity index (χ3v) is 7.19. The van der Waals surface area contributed by atoms with E-state index in [9.17, 15) is 4.79 Å². The summed E-state index contributed by atoms with van der Waals surface area (Å²) in [6.45, 7) is 5.53. The van der Waals surface area contributed by atoms with Gasteiger partial charge in [0.15, 0.2) is 5.13 Å². The maximum Gasteiger partial charge on any atom is 0.239 e. The van der Waals surface area contributed by atoms with Crippen molar-refractivity contribution in [2.24, 2.45) is 0 Å². The summed E-state index contributed by atoms with van der Waals surface area (Å²) in [5.74, 6) is 0.476. The summed E-state index contributed by atoms with van der Waals surface area (Å²) < 4.78 is 6.98. The van der Waals surface area contributed by atoms with Gasteiger partial charge in [-0.25, -0.2) is 4.98 Å². The van der Waals surface area contributed by atoms with Crippen molar-refractivity contribution in [1.29, 1.82) is 0 Å². The summed E-state index contributed by atoms with van der Waals surface area (Å²) >= 11 is 3.18. The van der Waals surface area contributed by atoms with Crippen LogP contribution in [0.2, 0.25) is 0 Å². The number of aryl methyl sites for hydroxylation is 2. The molecule has 0 saturated carbocycles. The molecule has 1 saturated heterocycles. The van der Waals surface area contributed by atoms with Gasteiger partial charge in [-0.3, -0.25) is 9.69 Å². The Morgan fingerprint density at radius 1 is 1.21 bits per heavy atom. The fraction of sp³-hybridized carbons (Fsp3) is 0.364. The van der Waals surface area contributed by atoms with E-state index in [4.69, 9.17) is 9.72 Å². The van der Waals surface area contributed by atoms with Crippen LogP contribution in [-0.2, 0) is 9.53 Å². The molecule has 3 aromatic rings. The minimum Gasteiger partial charge on any atom is -0.376 e. The molecule has 4 rings (SSSR count). The Morgan fingerprint density at radius 3 is 2.71 bits per heavy atom. The standard InChI is InChI=1S/C22H24N2O2S2/c1-15-10-11-16(2)21-20(15)23-22(28-21)24(13-17-7-6-12-26-17)19(25)14-27-18-8-4-3-5-9-18/h3-5,8-11,17H,6-7,12-14H2,1-2H3. The first-order chi connectivity index (χ1) is 13.6. The Morgan fingerprint density at radius 2 is 2.00 bits per heavy atom. The molecule has 0 N–H and O–H groups in total. The van der Waals surface area contributed by atoms with Crippen LogP contribution in [0.5, 0.6) is 0 Å². The van der Waals surface area contributed by atoms with Crippen LogP contribution >= 0.6 is 23.1 Å². The molecule has 1 unspecified atom stereocenters. The molecule has 2 heterocycles. The Bertz CT molecular complexity index is 926. The molecule has 1 fully saturated rings. The van der Waals surface area contributed by atoms with Crippen molar-refractivity contribution in [3.05, 3.63) is 53.6 Å². The van der Waals surface area contributed by atoms with Crippen molar-refractivity contribution in [2.45, 2.75) is 37.7 Å². The Labute approximate surface area is 173 Å². The van der Waals surface area contributed by atoms with Crippen LogP contribution in [-0.4, -0.2) is 35.9 Å². The smallest absolute Gasteiger partial charge is 0.239 e. The zero-order valence-corrected chi connectivity index (χ0v) is 17.8. The van der Waals surface area contributed by atoms with Gasteiger partial charge >= 0.3 is 0 Å². The Balaban J connectivity index is 1.60. The monoisotopic (exact) mass is 412 g/mol. The number of rotatable bonds is 6. The molecular weight excluding hydrogens is 388 g/mol. The van der Waals surface area contributed by atoms with Crippen LogP contribution in [0.3, 0.4) is 0 Å². The number of fused-ring (bicyclic) bond motifs is 1. The van der Waals surface area contributed by atoms with Crippen molar-refractivity contribution in [3.8, 4) is 0 Å². The third-order valence-electron chi connectivity index (χ3n) is 4.98. The average Bonchev–Trinajstić information content (AvgIpc) is 3.38. The Kier molecular flexibility index (Phi) is 5.99. The van der Waals surface area contributed by atoms with E-state index < -0.39 is 0 Å². The number of aromatic nitrogens is 1. The Hall–Kier alpha value is -1.89. The maximum absolute atomic E-state index is 13.2. The number of anilines is 1. The SMILES string of the molecule is Cc1ccc(C)c2sc(N(CC3CCCO3)C(=O)CSc3ccccc3)nc12. The number of amides is 1. The van der Waals surface area contributed by atoms with E-state index in [-0.39, 0.29) is 12.0 Å². The lowest BCUT2D eigenvalue weighted by atomic mass is 10.1. The minimum atomic E-state index is 0.0821. The molecule has 1 atom stereocenters. The highest BCUT2D eigenvalue weighted by Gasteiger charge is 2.26. The molecule has 0 bridgehead atoms. The number of nitrogens with zero attached hydrogens (tertiary/aromatic N) is 2. The zero-order valence-electron chi connectivity index (χ0n) is 16.2. The van der Waals surface area contributed by atoms with Crippen LogP contribution < -0.4 is 4.90 Å². The van der Waals surface area contributed by atoms with Gasteiger partial charge in [0.2, 0.25) is 5.91 Å². The molecule has 1 aliphatic rings. The number of hydrogen-bond donors (Lipinski definition) is 0. The second kappa shape index (κ2) is 8.64. The number of benzene rings is 2. The molecule has 0 spiro atoms. The highest BCUT2D eigenvalue weighted by molar-refractivity contribution is 8.00. The van der Waals surface area contributed by atoms with E-state index in [1.54, 1.807) is 23.1 Å². The number of hydrogen-bond acceptors (Lipinski definition) is 5. The van der Waals surface area contributed by atoms with E-state index in [1.165, 1.54) is 5.56 Å². The number of carbonyl (C=O) groups is 1. The minimum absolute atomic E-state index is 0.0821. The quantitative estimate of drug-likeness (QED) is 0.521. The predicted octanol–water partition coefficient (Wildman–Crippen LogP) is 5.22. The van der Waals surface area contributed by atoms with Crippen LogP contribution in [0.4, 0.5) is 5.13 Å². The summed E-state index contributed by atoms with van der Waals surface area (Å²) in [6, 6.07) is 14.3. The van der Waals surface area contributed by atoms with Crippen molar-refractivity contribution >= 4 is 44.4 Å². The summed E-state index contributed by atoms with van der Waals surface area (Å²) in [5.41, 5.74) is 3.35. The van der Waals surface area contributed by atoms with Crippen LogP contribution in [0.1, 0.15) is 24.0 Å². The zero-order chi connectivity index (χ0) is 19.5. The molecule has 1 amide bonds. The van der Waals surface area contributed by atoms with Gasteiger partial charge < -0.3 is 4.74 Å². The first kappa shape index (κ1) is 19.4. The van der Waals surface area contributed by atoms with E-state index >= 15 is 0 Å². The summed E-state index contributed by atoms with van der Waals surface area (Å²) in [5, 5.41) is 0.779. The van der Waals surface area contributed by atoms with Gasteiger partial charge in [0, 0.05) is 11.5 Å². The summed E-state index contributed by atoms with van der Waals surface area (Å²) in [6.07, 6.45) is 2.15. The highest BCUT2D eigenvalue weighted by atomic mass is 32.2. The fourth-order valence-corrected chi connectivity index (χ4v) is 5.32. The van der Waals surface area contributed by atoms with Crippen molar-refractivity contribution in [3.63, 3.8) is 0 Å². The molecule has 146 valence electrons. The van der Waals surface area contributed by atoms with Crippen molar-refractivity contribution in [2.75, 3.05) is 23.8 Å². The molecule has 28 heavy (non-hydrogen) atoms. The van der Waals surface area contributed by atoms with Crippen molar-refractivity contribution < 1.29 is 9.53 Å². The number of thiazole rings is 1. The lowest BCUT2D eigenvalue weighted by Crippen LogP contribution is -2.38. The van der Waals surface area contributed by atoms with Gasteiger partial charge in [0.05, 0.1) is 28.6 Å². The maximum atomic E-state index is 13.2. The molecule has 0 radical (unpaired) electrons. The fourth-order valence-electron chi connectivity index (χ4n) is 3.38. The first-order valence-corrected chi connectivity index (χ1v) is 11.4. The molecular formula is C22H24N2O2S2.